The number of aliphatic hydroxyl groups is 1. The molecule has 1 atom stereocenters. The first-order chi connectivity index (χ1) is 13.0. The van der Waals surface area contributed by atoms with Gasteiger partial charge in [0.25, 0.3) is 5.91 Å². The van der Waals surface area contributed by atoms with Gasteiger partial charge in [0.05, 0.1) is 5.56 Å². The summed E-state index contributed by atoms with van der Waals surface area (Å²) >= 11 is 0. The molecule has 1 unspecified atom stereocenters. The Bertz CT molecular complexity index is 999. The van der Waals surface area contributed by atoms with Gasteiger partial charge in [-0.3, -0.25) is 9.20 Å². The van der Waals surface area contributed by atoms with Crippen LogP contribution in [0.2, 0.25) is 0 Å². The Morgan fingerprint density at radius 3 is 2.85 bits per heavy atom. The maximum Gasteiger partial charge on any atom is 0.253 e. The molecule has 8 heteroatoms. The van der Waals surface area contributed by atoms with E-state index in [2.05, 4.69) is 15.5 Å². The number of nitrogens with zero attached hydrogens (tertiary/aromatic N) is 3. The summed E-state index contributed by atoms with van der Waals surface area (Å²) in [6.07, 6.45) is 0.887. The van der Waals surface area contributed by atoms with Crippen molar-refractivity contribution in [2.75, 3.05) is 6.79 Å². The zero-order valence-electron chi connectivity index (χ0n) is 15.0. The zero-order valence-corrected chi connectivity index (χ0v) is 15.0. The van der Waals surface area contributed by atoms with Gasteiger partial charge < -0.3 is 19.9 Å². The van der Waals surface area contributed by atoms with E-state index in [1.54, 1.807) is 22.7 Å². The van der Waals surface area contributed by atoms with Crippen LogP contribution in [0.3, 0.4) is 0 Å². The van der Waals surface area contributed by atoms with Crippen molar-refractivity contribution < 1.29 is 19.4 Å². The Labute approximate surface area is 155 Å². The zero-order chi connectivity index (χ0) is 19.0. The summed E-state index contributed by atoms with van der Waals surface area (Å²) in [4.78, 5) is 12.5. The topological polar surface area (TPSA) is 98.0 Å². The molecule has 27 heavy (non-hydrogen) atoms. The third kappa shape index (κ3) is 3.31. The first kappa shape index (κ1) is 17.3. The number of carbonyl (C=O) groups excluding carboxylic acids is 1. The molecule has 140 valence electrons. The summed E-state index contributed by atoms with van der Waals surface area (Å²) in [7, 11) is 0. The third-order valence-electron chi connectivity index (χ3n) is 4.48. The molecular formula is C19H20N4O4. The second-order valence-corrected chi connectivity index (χ2v) is 6.76. The molecule has 1 amide bonds. The Morgan fingerprint density at radius 1 is 1.22 bits per heavy atom. The predicted molar refractivity (Wildman–Crippen MR) is 96.5 cm³/mol. The second kappa shape index (κ2) is 6.88. The lowest BCUT2D eigenvalue weighted by molar-refractivity contribution is 0.0949. The fraction of sp³-hybridized carbons (Fsp3) is 0.316. The van der Waals surface area contributed by atoms with Gasteiger partial charge in [0.2, 0.25) is 6.79 Å². The van der Waals surface area contributed by atoms with Gasteiger partial charge in [0.15, 0.2) is 23.0 Å². The van der Waals surface area contributed by atoms with Crippen LogP contribution < -0.4 is 14.8 Å². The Hall–Kier alpha value is -3.13. The van der Waals surface area contributed by atoms with Crippen LogP contribution in [0, 0.1) is 5.92 Å². The van der Waals surface area contributed by atoms with Crippen LogP contribution in [0.15, 0.2) is 36.5 Å². The largest absolute Gasteiger partial charge is 0.454 e. The average molecular weight is 368 g/mol. The number of amides is 1. The minimum atomic E-state index is -0.757. The van der Waals surface area contributed by atoms with Gasteiger partial charge in [0, 0.05) is 12.7 Å². The van der Waals surface area contributed by atoms with Crippen molar-refractivity contribution in [2.45, 2.75) is 26.5 Å². The van der Waals surface area contributed by atoms with E-state index in [9.17, 15) is 9.90 Å². The monoisotopic (exact) mass is 368 g/mol. The number of hydrogen-bond donors (Lipinski definition) is 2. The molecule has 0 aliphatic carbocycles. The number of nitrogens with one attached hydrogen (secondary N) is 1. The fourth-order valence-corrected chi connectivity index (χ4v) is 2.88. The Kier molecular flexibility index (Phi) is 4.41. The highest BCUT2D eigenvalue weighted by Crippen LogP contribution is 2.32. The second-order valence-electron chi connectivity index (χ2n) is 6.76. The quantitative estimate of drug-likeness (QED) is 0.716. The van der Waals surface area contributed by atoms with Gasteiger partial charge in [0.1, 0.15) is 6.10 Å². The molecule has 3 aromatic rings. The maximum absolute atomic E-state index is 12.5. The number of ether oxygens (including phenoxy) is 2. The van der Waals surface area contributed by atoms with Crippen molar-refractivity contribution in [3.05, 3.63) is 53.5 Å². The van der Waals surface area contributed by atoms with E-state index in [1.807, 2.05) is 32.0 Å². The molecular weight excluding hydrogens is 348 g/mol. The van der Waals surface area contributed by atoms with Crippen molar-refractivity contribution in [1.82, 2.24) is 19.9 Å². The predicted octanol–water partition coefficient (Wildman–Crippen LogP) is 2.08. The van der Waals surface area contributed by atoms with Gasteiger partial charge in [-0.25, -0.2) is 0 Å². The molecule has 2 aromatic heterocycles. The van der Waals surface area contributed by atoms with E-state index in [1.165, 1.54) is 0 Å². The first-order valence-corrected chi connectivity index (χ1v) is 8.72. The molecule has 0 saturated heterocycles. The number of rotatable bonds is 5. The van der Waals surface area contributed by atoms with Crippen LogP contribution in [-0.4, -0.2) is 32.4 Å². The maximum atomic E-state index is 12.5. The lowest BCUT2D eigenvalue weighted by atomic mass is 10.1. The summed E-state index contributed by atoms with van der Waals surface area (Å²) in [5, 5.41) is 21.3. The molecule has 2 N–H and O–H groups in total. The summed E-state index contributed by atoms with van der Waals surface area (Å²) in [6.45, 7) is 4.37. The van der Waals surface area contributed by atoms with E-state index in [0.717, 1.165) is 5.56 Å². The highest BCUT2D eigenvalue weighted by molar-refractivity contribution is 5.94. The number of benzene rings is 1. The molecule has 4 rings (SSSR count). The van der Waals surface area contributed by atoms with Gasteiger partial charge in [-0.15, -0.1) is 10.2 Å². The fourth-order valence-electron chi connectivity index (χ4n) is 2.88. The van der Waals surface area contributed by atoms with Crippen LogP contribution >= 0.6 is 0 Å². The number of aliphatic hydroxyl groups excluding tert-OH is 1. The van der Waals surface area contributed by atoms with Crippen LogP contribution in [0.5, 0.6) is 11.5 Å². The smallest absolute Gasteiger partial charge is 0.253 e. The van der Waals surface area contributed by atoms with Gasteiger partial charge >= 0.3 is 0 Å². The molecule has 0 fully saturated rings. The Morgan fingerprint density at radius 2 is 2.04 bits per heavy atom. The minimum Gasteiger partial charge on any atom is -0.454 e. The van der Waals surface area contributed by atoms with Crippen LogP contribution in [0.4, 0.5) is 0 Å². The average Bonchev–Trinajstić information content (AvgIpc) is 3.30. The van der Waals surface area contributed by atoms with Gasteiger partial charge in [-0.1, -0.05) is 19.9 Å². The van der Waals surface area contributed by atoms with E-state index >= 15 is 0 Å². The SMILES string of the molecule is CC(C)C(O)c1nnc2ccc(C(=O)NCc3ccc4c(c3)OCO4)cn12. The molecule has 0 spiro atoms. The summed E-state index contributed by atoms with van der Waals surface area (Å²) < 4.78 is 12.3. The first-order valence-electron chi connectivity index (χ1n) is 8.72. The molecule has 1 aliphatic rings. The highest BCUT2D eigenvalue weighted by atomic mass is 16.7. The van der Waals surface area contributed by atoms with E-state index in [0.29, 0.717) is 35.1 Å². The number of fused-ring (bicyclic) bond motifs is 2. The number of aromatic nitrogens is 3. The molecule has 1 aromatic carbocycles. The molecule has 0 radical (unpaired) electrons. The van der Waals surface area contributed by atoms with Gasteiger partial charge in [-0.05, 0) is 35.7 Å². The minimum absolute atomic E-state index is 0.0131. The number of hydrogen-bond acceptors (Lipinski definition) is 6. The molecule has 1 aliphatic heterocycles. The summed E-state index contributed by atoms with van der Waals surface area (Å²) in [5.41, 5.74) is 1.95. The molecule has 0 bridgehead atoms. The highest BCUT2D eigenvalue weighted by Gasteiger charge is 2.20. The summed E-state index contributed by atoms with van der Waals surface area (Å²) in [6, 6.07) is 8.95. The van der Waals surface area contributed by atoms with Crippen LogP contribution in [-0.2, 0) is 6.54 Å². The number of carbonyl (C=O) groups is 1. The molecule has 0 saturated carbocycles. The third-order valence-corrected chi connectivity index (χ3v) is 4.48. The van der Waals surface area contributed by atoms with Crippen molar-refractivity contribution in [2.24, 2.45) is 5.92 Å². The van der Waals surface area contributed by atoms with E-state index < -0.39 is 6.10 Å². The van der Waals surface area contributed by atoms with E-state index in [4.69, 9.17) is 9.47 Å². The van der Waals surface area contributed by atoms with Gasteiger partial charge in [-0.2, -0.15) is 0 Å². The van der Waals surface area contributed by atoms with Crippen molar-refractivity contribution in [1.29, 1.82) is 0 Å². The van der Waals surface area contributed by atoms with Crippen molar-refractivity contribution in [3.63, 3.8) is 0 Å². The molecule has 8 nitrogen and oxygen atoms in total. The Balaban J connectivity index is 1.51. The van der Waals surface area contributed by atoms with Crippen LogP contribution in [0.1, 0.15) is 41.7 Å². The van der Waals surface area contributed by atoms with Crippen molar-refractivity contribution >= 4 is 11.6 Å². The molecule has 3 heterocycles. The van der Waals surface area contributed by atoms with Crippen LogP contribution in [0.25, 0.3) is 5.65 Å². The lowest BCUT2D eigenvalue weighted by Crippen LogP contribution is -2.23. The summed E-state index contributed by atoms with van der Waals surface area (Å²) in [5.74, 6) is 1.57. The standard InChI is InChI=1S/C19H20N4O4/c1-11(2)17(24)18-22-21-16-6-4-13(9-23(16)18)19(25)20-8-12-3-5-14-15(7-12)27-10-26-14/h3-7,9,11,17,24H,8,10H2,1-2H3,(H,20,25). The van der Waals surface area contributed by atoms with Crippen molar-refractivity contribution in [3.8, 4) is 11.5 Å². The lowest BCUT2D eigenvalue weighted by Gasteiger charge is -2.12. The number of pyridine rings is 1. The normalized spacial score (nSPS) is 13.9. The van der Waals surface area contributed by atoms with E-state index in [-0.39, 0.29) is 18.6 Å².